The second-order valence-corrected chi connectivity index (χ2v) is 8.81. The van der Waals surface area contributed by atoms with Gasteiger partial charge in [0.1, 0.15) is 5.69 Å². The van der Waals surface area contributed by atoms with Crippen molar-refractivity contribution < 1.29 is 9.53 Å². The maximum atomic E-state index is 12.6. The summed E-state index contributed by atoms with van der Waals surface area (Å²) in [4.78, 5) is 15.1. The molecule has 2 heterocycles. The van der Waals surface area contributed by atoms with Crippen LogP contribution in [0.4, 0.5) is 5.69 Å². The first kappa shape index (κ1) is 28.2. The molecule has 37 heavy (non-hydrogen) atoms. The Morgan fingerprint density at radius 2 is 1.89 bits per heavy atom. The van der Waals surface area contributed by atoms with Crippen LogP contribution < -0.4 is 10.6 Å². The molecule has 1 fully saturated rings. The van der Waals surface area contributed by atoms with Crippen molar-refractivity contribution in [1.29, 1.82) is 0 Å². The zero-order chi connectivity index (χ0) is 26.5. The number of carbonyl (C=O) groups is 1. The molecule has 0 bridgehead atoms. The van der Waals surface area contributed by atoms with Gasteiger partial charge in [0.15, 0.2) is 0 Å². The van der Waals surface area contributed by atoms with Crippen molar-refractivity contribution in [3.8, 4) is 11.8 Å². The monoisotopic (exact) mass is 500 g/mol. The predicted octanol–water partition coefficient (Wildman–Crippen LogP) is 5.16. The standard InChI is InChI=1S/C29H34N4O2.C2H6/c1-3-29(34)33-27(10-7-15-30-25-8-5-4-6-9-25)21-24-20-23(11-12-28(24)33)22-31-26-13-16-32(17-14-26)18-19-35-2;1-2/h3-6,8-9,11-12,20-21,26,30-31H,1,13-19,22H2,2H3;1-2H3. The molecule has 196 valence electrons. The minimum Gasteiger partial charge on any atom is -0.383 e. The van der Waals surface area contributed by atoms with E-state index in [9.17, 15) is 4.79 Å². The third-order valence-corrected chi connectivity index (χ3v) is 6.43. The first-order chi connectivity index (χ1) is 18.2. The number of piperidine rings is 1. The molecule has 0 radical (unpaired) electrons. The van der Waals surface area contributed by atoms with Crippen LogP contribution in [0.3, 0.4) is 0 Å². The number of likely N-dealkylation sites (tertiary alicyclic amines) is 1. The van der Waals surface area contributed by atoms with Crippen LogP contribution >= 0.6 is 0 Å². The van der Waals surface area contributed by atoms with Crippen LogP contribution in [0.5, 0.6) is 0 Å². The number of anilines is 1. The maximum Gasteiger partial charge on any atom is 0.255 e. The van der Waals surface area contributed by atoms with Gasteiger partial charge in [-0.25, -0.2) is 0 Å². The summed E-state index contributed by atoms with van der Waals surface area (Å²) in [6, 6.07) is 18.7. The number of para-hydroxylation sites is 1. The number of ether oxygens (including phenoxy) is 1. The van der Waals surface area contributed by atoms with Crippen molar-refractivity contribution in [2.24, 2.45) is 0 Å². The van der Waals surface area contributed by atoms with E-state index in [0.717, 1.165) is 62.2 Å². The third-order valence-electron chi connectivity index (χ3n) is 6.43. The van der Waals surface area contributed by atoms with E-state index in [1.54, 1.807) is 11.7 Å². The van der Waals surface area contributed by atoms with Gasteiger partial charge >= 0.3 is 0 Å². The lowest BCUT2D eigenvalue weighted by molar-refractivity contribution is 0.0973. The Bertz CT molecular complexity index is 1200. The molecule has 1 saturated heterocycles. The van der Waals surface area contributed by atoms with Gasteiger partial charge < -0.3 is 20.3 Å². The zero-order valence-electron chi connectivity index (χ0n) is 22.4. The Labute approximate surface area is 221 Å². The average molecular weight is 501 g/mol. The molecule has 1 aliphatic heterocycles. The lowest BCUT2D eigenvalue weighted by atomic mass is 10.0. The highest BCUT2D eigenvalue weighted by atomic mass is 16.5. The lowest BCUT2D eigenvalue weighted by Gasteiger charge is -2.32. The summed E-state index contributed by atoms with van der Waals surface area (Å²) < 4.78 is 6.84. The Kier molecular flexibility index (Phi) is 11.4. The van der Waals surface area contributed by atoms with E-state index >= 15 is 0 Å². The number of carbonyl (C=O) groups excluding carboxylic acids is 1. The summed E-state index contributed by atoms with van der Waals surface area (Å²) >= 11 is 0. The largest absolute Gasteiger partial charge is 0.383 e. The van der Waals surface area contributed by atoms with E-state index in [2.05, 4.69) is 46.1 Å². The van der Waals surface area contributed by atoms with Gasteiger partial charge in [-0.2, -0.15) is 0 Å². The summed E-state index contributed by atoms with van der Waals surface area (Å²) in [5.41, 5.74) is 3.74. The van der Waals surface area contributed by atoms with E-state index in [0.29, 0.717) is 18.3 Å². The molecule has 0 spiro atoms. The molecule has 1 aliphatic rings. The van der Waals surface area contributed by atoms with Crippen LogP contribution in [0, 0.1) is 11.8 Å². The molecule has 6 nitrogen and oxygen atoms in total. The van der Waals surface area contributed by atoms with Crippen molar-refractivity contribution in [3.05, 3.63) is 78.5 Å². The maximum absolute atomic E-state index is 12.6. The summed E-state index contributed by atoms with van der Waals surface area (Å²) in [6.45, 7) is 13.0. The van der Waals surface area contributed by atoms with Crippen molar-refractivity contribution in [2.45, 2.75) is 39.3 Å². The lowest BCUT2D eigenvalue weighted by Crippen LogP contribution is -2.43. The number of nitrogens with zero attached hydrogens (tertiary/aromatic N) is 2. The van der Waals surface area contributed by atoms with Gasteiger partial charge in [-0.1, -0.05) is 50.6 Å². The number of methoxy groups -OCH3 is 1. The van der Waals surface area contributed by atoms with Crippen molar-refractivity contribution in [3.63, 3.8) is 0 Å². The number of benzene rings is 2. The van der Waals surface area contributed by atoms with E-state index in [4.69, 9.17) is 4.74 Å². The fourth-order valence-corrected chi connectivity index (χ4v) is 4.48. The number of rotatable bonds is 9. The van der Waals surface area contributed by atoms with Gasteiger partial charge in [0.25, 0.3) is 5.91 Å². The van der Waals surface area contributed by atoms with Crippen molar-refractivity contribution >= 4 is 22.5 Å². The van der Waals surface area contributed by atoms with E-state index in [-0.39, 0.29) is 5.91 Å². The first-order valence-corrected chi connectivity index (χ1v) is 13.2. The molecular weight excluding hydrogens is 460 g/mol. The summed E-state index contributed by atoms with van der Waals surface area (Å²) in [5, 5.41) is 7.99. The van der Waals surface area contributed by atoms with E-state index in [1.807, 2.05) is 56.3 Å². The molecule has 2 N–H and O–H groups in total. The quantitative estimate of drug-likeness (QED) is 0.314. The van der Waals surface area contributed by atoms with Gasteiger partial charge in [0.05, 0.1) is 18.7 Å². The van der Waals surface area contributed by atoms with Gasteiger partial charge in [0.2, 0.25) is 0 Å². The highest BCUT2D eigenvalue weighted by Gasteiger charge is 2.18. The zero-order valence-corrected chi connectivity index (χ0v) is 22.4. The Hall–Kier alpha value is -3.37. The molecule has 0 saturated carbocycles. The first-order valence-electron chi connectivity index (χ1n) is 13.2. The number of hydrogen-bond acceptors (Lipinski definition) is 5. The summed E-state index contributed by atoms with van der Waals surface area (Å²) in [5.74, 6) is 6.12. The molecule has 0 atom stereocenters. The summed E-state index contributed by atoms with van der Waals surface area (Å²) in [7, 11) is 1.76. The minimum atomic E-state index is -0.175. The second kappa shape index (κ2) is 15.0. The molecular formula is C31H40N4O2. The topological polar surface area (TPSA) is 58.5 Å². The molecule has 4 rings (SSSR count). The molecule has 0 aliphatic carbocycles. The summed E-state index contributed by atoms with van der Waals surface area (Å²) in [6.07, 6.45) is 3.63. The van der Waals surface area contributed by atoms with Gasteiger partial charge in [-0.05, 0) is 73.8 Å². The van der Waals surface area contributed by atoms with Crippen molar-refractivity contribution in [2.75, 3.05) is 45.2 Å². The van der Waals surface area contributed by atoms with Gasteiger partial charge in [-0.15, -0.1) is 0 Å². The van der Waals surface area contributed by atoms with Gasteiger partial charge in [0, 0.05) is 37.3 Å². The van der Waals surface area contributed by atoms with Crippen molar-refractivity contribution in [1.82, 2.24) is 14.8 Å². The number of hydrogen-bond donors (Lipinski definition) is 2. The highest BCUT2D eigenvalue weighted by molar-refractivity contribution is 5.99. The number of aromatic nitrogens is 1. The molecule has 0 unspecified atom stereocenters. The minimum absolute atomic E-state index is 0.175. The van der Waals surface area contributed by atoms with Gasteiger partial charge in [-0.3, -0.25) is 9.36 Å². The fraction of sp³-hybridized carbons (Fsp3) is 0.387. The van der Waals surface area contributed by atoms with Crippen LogP contribution in [0.2, 0.25) is 0 Å². The Morgan fingerprint density at radius 3 is 2.59 bits per heavy atom. The molecule has 6 heteroatoms. The SMILES string of the molecule is C=CC(=O)n1c(C#CCNc2ccccc2)cc2cc(CNC3CCN(CCOC)CC3)ccc21.CC. The van der Waals surface area contributed by atoms with Crippen LogP contribution in [0.15, 0.2) is 67.3 Å². The smallest absolute Gasteiger partial charge is 0.255 e. The van der Waals surface area contributed by atoms with E-state index < -0.39 is 0 Å². The van der Waals surface area contributed by atoms with Crippen LogP contribution in [-0.2, 0) is 11.3 Å². The fourth-order valence-electron chi connectivity index (χ4n) is 4.48. The van der Waals surface area contributed by atoms with E-state index in [1.165, 1.54) is 11.6 Å². The highest BCUT2D eigenvalue weighted by Crippen LogP contribution is 2.22. The predicted molar refractivity (Wildman–Crippen MR) is 154 cm³/mol. The van der Waals surface area contributed by atoms with Crippen LogP contribution in [0.1, 0.15) is 42.7 Å². The third kappa shape index (κ3) is 8.06. The number of nitrogens with one attached hydrogen (secondary N) is 2. The molecule has 2 aromatic carbocycles. The number of fused-ring (bicyclic) bond motifs is 1. The average Bonchev–Trinajstić information content (AvgIpc) is 3.32. The Morgan fingerprint density at radius 1 is 1.14 bits per heavy atom. The van der Waals surface area contributed by atoms with Crippen LogP contribution in [-0.4, -0.2) is 61.3 Å². The molecule has 3 aromatic rings. The normalized spacial score (nSPS) is 13.8. The molecule has 1 aromatic heterocycles. The number of allylic oxidation sites excluding steroid dienone is 1. The molecule has 0 amide bonds. The Balaban J connectivity index is 0.00000186. The van der Waals surface area contributed by atoms with Crippen LogP contribution in [0.25, 0.3) is 10.9 Å². The second-order valence-electron chi connectivity index (χ2n) is 8.81.